The number of pyridine rings is 1. The molecule has 0 radical (unpaired) electrons. The second kappa shape index (κ2) is 8.04. The van der Waals surface area contributed by atoms with Gasteiger partial charge in [-0.05, 0) is 43.2 Å². The summed E-state index contributed by atoms with van der Waals surface area (Å²) in [6.07, 6.45) is 1.10. The van der Waals surface area contributed by atoms with Gasteiger partial charge < -0.3 is 15.3 Å². The van der Waals surface area contributed by atoms with E-state index in [0.29, 0.717) is 24.7 Å². The van der Waals surface area contributed by atoms with E-state index in [4.69, 9.17) is 0 Å². The summed E-state index contributed by atoms with van der Waals surface area (Å²) >= 11 is 0. The third-order valence-electron chi connectivity index (χ3n) is 3.85. The number of aliphatic hydroxyl groups is 1. The third kappa shape index (κ3) is 5.01. The molecule has 0 aliphatic heterocycles. The van der Waals surface area contributed by atoms with Crippen LogP contribution in [0.4, 0.5) is 10.2 Å². The Hall–Kier alpha value is -1.98. The average molecular weight is 317 g/mol. The van der Waals surface area contributed by atoms with Gasteiger partial charge in [0.15, 0.2) is 0 Å². The molecule has 0 spiro atoms. The van der Waals surface area contributed by atoms with Crippen molar-refractivity contribution >= 4 is 5.82 Å². The fraction of sp³-hybridized carbons (Fsp3) is 0.389. The van der Waals surface area contributed by atoms with Gasteiger partial charge in [-0.25, -0.2) is 9.37 Å². The molecule has 2 N–H and O–H groups in total. The fourth-order valence-corrected chi connectivity index (χ4v) is 2.18. The van der Waals surface area contributed by atoms with E-state index in [1.165, 1.54) is 12.1 Å². The van der Waals surface area contributed by atoms with Crippen molar-refractivity contribution < 1.29 is 9.50 Å². The fourth-order valence-electron chi connectivity index (χ4n) is 2.18. The van der Waals surface area contributed by atoms with Gasteiger partial charge >= 0.3 is 0 Å². The largest absolute Gasteiger partial charge is 0.387 e. The first-order chi connectivity index (χ1) is 11.0. The van der Waals surface area contributed by atoms with Gasteiger partial charge in [0.1, 0.15) is 11.6 Å². The van der Waals surface area contributed by atoms with Gasteiger partial charge in [-0.1, -0.05) is 18.2 Å². The number of aliphatic hydroxyl groups excluding tert-OH is 1. The third-order valence-corrected chi connectivity index (χ3v) is 3.85. The number of nitrogens with zero attached hydrogens (tertiary/aromatic N) is 2. The van der Waals surface area contributed by atoms with E-state index in [2.05, 4.69) is 29.0 Å². The van der Waals surface area contributed by atoms with Crippen LogP contribution in [0, 0.1) is 5.82 Å². The molecule has 0 bridgehead atoms. The van der Waals surface area contributed by atoms with Crippen LogP contribution in [0.2, 0.25) is 0 Å². The number of aromatic nitrogens is 1. The quantitative estimate of drug-likeness (QED) is 0.824. The van der Waals surface area contributed by atoms with Crippen LogP contribution in [0.5, 0.6) is 0 Å². The minimum absolute atomic E-state index is 0.337. The molecular formula is C18H24FN3O. The maximum Gasteiger partial charge on any atom is 0.128 e. The summed E-state index contributed by atoms with van der Waals surface area (Å²) in [5.74, 6) is 0.596. The summed E-state index contributed by atoms with van der Waals surface area (Å²) in [5.41, 5.74) is 1.61. The first kappa shape index (κ1) is 17.4. The van der Waals surface area contributed by atoms with Crippen LogP contribution in [0.1, 0.15) is 31.1 Å². The summed E-state index contributed by atoms with van der Waals surface area (Å²) in [5, 5.41) is 13.2. The van der Waals surface area contributed by atoms with Crippen LogP contribution >= 0.6 is 0 Å². The Labute approximate surface area is 137 Å². The van der Waals surface area contributed by atoms with E-state index >= 15 is 0 Å². The lowest BCUT2D eigenvalue weighted by Gasteiger charge is -2.22. The van der Waals surface area contributed by atoms with E-state index < -0.39 is 6.10 Å². The lowest BCUT2D eigenvalue weighted by atomic mass is 10.1. The minimum atomic E-state index is -0.731. The van der Waals surface area contributed by atoms with Gasteiger partial charge in [0, 0.05) is 32.4 Å². The highest BCUT2D eigenvalue weighted by atomic mass is 19.1. The molecule has 0 aliphatic carbocycles. The maximum absolute atomic E-state index is 13.1. The zero-order valence-corrected chi connectivity index (χ0v) is 13.8. The SMILES string of the molecule is CC(C)N(C)c1ccc(CNC[C@H](O)c2cccc(F)c2)cn1. The van der Waals surface area contributed by atoms with Gasteiger partial charge in [0.05, 0.1) is 6.10 Å². The molecule has 0 unspecified atom stereocenters. The van der Waals surface area contributed by atoms with Crippen molar-refractivity contribution in [2.45, 2.75) is 32.5 Å². The Kier molecular flexibility index (Phi) is 6.07. The van der Waals surface area contributed by atoms with Crippen LogP contribution in [0.3, 0.4) is 0 Å². The molecule has 0 fully saturated rings. The van der Waals surface area contributed by atoms with Crippen molar-refractivity contribution in [3.05, 3.63) is 59.5 Å². The van der Waals surface area contributed by atoms with E-state index in [0.717, 1.165) is 11.4 Å². The molecular weight excluding hydrogens is 293 g/mol. The number of anilines is 1. The van der Waals surface area contributed by atoms with Crippen molar-refractivity contribution in [1.82, 2.24) is 10.3 Å². The minimum Gasteiger partial charge on any atom is -0.387 e. The Balaban J connectivity index is 1.84. The average Bonchev–Trinajstić information content (AvgIpc) is 2.54. The summed E-state index contributed by atoms with van der Waals surface area (Å²) in [6.45, 7) is 5.19. The van der Waals surface area contributed by atoms with Gasteiger partial charge in [-0.15, -0.1) is 0 Å². The van der Waals surface area contributed by atoms with Crippen LogP contribution in [-0.2, 0) is 6.54 Å². The first-order valence-corrected chi connectivity index (χ1v) is 7.79. The topological polar surface area (TPSA) is 48.4 Å². The summed E-state index contributed by atoms with van der Waals surface area (Å²) in [4.78, 5) is 6.54. The molecule has 1 aromatic heterocycles. The normalized spacial score (nSPS) is 12.4. The van der Waals surface area contributed by atoms with E-state index in [1.54, 1.807) is 12.1 Å². The number of rotatable bonds is 7. The van der Waals surface area contributed by atoms with Gasteiger partial charge in [0.2, 0.25) is 0 Å². The molecule has 23 heavy (non-hydrogen) atoms. The van der Waals surface area contributed by atoms with Gasteiger partial charge in [-0.2, -0.15) is 0 Å². The monoisotopic (exact) mass is 317 g/mol. The highest BCUT2D eigenvalue weighted by Crippen LogP contribution is 2.14. The molecule has 0 saturated carbocycles. The number of halogens is 1. The summed E-state index contributed by atoms with van der Waals surface area (Å²) < 4.78 is 13.1. The highest BCUT2D eigenvalue weighted by molar-refractivity contribution is 5.39. The van der Waals surface area contributed by atoms with Crippen molar-refractivity contribution in [3.8, 4) is 0 Å². The molecule has 0 amide bonds. The Morgan fingerprint density at radius 3 is 2.65 bits per heavy atom. The molecule has 124 valence electrons. The van der Waals surface area contributed by atoms with Crippen LogP contribution in [-0.4, -0.2) is 29.7 Å². The van der Waals surface area contributed by atoms with Crippen molar-refractivity contribution in [2.24, 2.45) is 0 Å². The van der Waals surface area contributed by atoms with Gasteiger partial charge in [0.25, 0.3) is 0 Å². The molecule has 4 nitrogen and oxygen atoms in total. The maximum atomic E-state index is 13.1. The van der Waals surface area contributed by atoms with Gasteiger partial charge in [-0.3, -0.25) is 0 Å². The zero-order valence-electron chi connectivity index (χ0n) is 13.8. The standard InChI is InChI=1S/C18H24FN3O/c1-13(2)22(3)18-8-7-14(11-21-18)10-20-12-17(23)15-5-4-6-16(19)9-15/h4-9,11,13,17,20,23H,10,12H2,1-3H3/t17-/m0/s1. The Morgan fingerprint density at radius 2 is 2.04 bits per heavy atom. The predicted molar refractivity (Wildman–Crippen MR) is 90.8 cm³/mol. The van der Waals surface area contributed by atoms with Crippen molar-refractivity contribution in [1.29, 1.82) is 0 Å². The van der Waals surface area contributed by atoms with Crippen LogP contribution < -0.4 is 10.2 Å². The van der Waals surface area contributed by atoms with E-state index in [-0.39, 0.29) is 5.82 Å². The smallest absolute Gasteiger partial charge is 0.128 e. The molecule has 2 aromatic rings. The van der Waals surface area contributed by atoms with Crippen molar-refractivity contribution in [3.63, 3.8) is 0 Å². The lowest BCUT2D eigenvalue weighted by molar-refractivity contribution is 0.174. The summed E-state index contributed by atoms with van der Waals surface area (Å²) in [6, 6.07) is 10.4. The van der Waals surface area contributed by atoms with Crippen LogP contribution in [0.25, 0.3) is 0 Å². The van der Waals surface area contributed by atoms with E-state index in [1.807, 2.05) is 25.4 Å². The number of hydrogen-bond donors (Lipinski definition) is 2. The second-order valence-electron chi connectivity index (χ2n) is 5.93. The molecule has 1 aromatic carbocycles. The number of benzene rings is 1. The number of nitrogens with one attached hydrogen (secondary N) is 1. The molecule has 2 rings (SSSR count). The predicted octanol–water partition coefficient (Wildman–Crippen LogP) is 2.89. The first-order valence-electron chi connectivity index (χ1n) is 7.79. The Bertz CT molecular complexity index is 616. The lowest BCUT2D eigenvalue weighted by Crippen LogP contribution is -2.26. The van der Waals surface area contributed by atoms with E-state index in [9.17, 15) is 9.50 Å². The molecule has 0 aliphatic rings. The Morgan fingerprint density at radius 1 is 1.26 bits per heavy atom. The zero-order chi connectivity index (χ0) is 16.8. The summed E-state index contributed by atoms with van der Waals surface area (Å²) in [7, 11) is 2.01. The molecule has 0 saturated heterocycles. The molecule has 1 heterocycles. The van der Waals surface area contributed by atoms with Crippen molar-refractivity contribution in [2.75, 3.05) is 18.5 Å². The number of hydrogen-bond acceptors (Lipinski definition) is 4. The van der Waals surface area contributed by atoms with Crippen LogP contribution in [0.15, 0.2) is 42.6 Å². The molecule has 1 atom stereocenters. The molecule has 5 heteroatoms. The highest BCUT2D eigenvalue weighted by Gasteiger charge is 2.09. The second-order valence-corrected chi connectivity index (χ2v) is 5.93.